The lowest BCUT2D eigenvalue weighted by atomic mass is 9.87. The van der Waals surface area contributed by atoms with Crippen molar-refractivity contribution in [3.05, 3.63) is 65.2 Å². The van der Waals surface area contributed by atoms with Gasteiger partial charge in [0.25, 0.3) is 0 Å². The molecule has 5 heteroatoms. The molecule has 0 spiro atoms. The second-order valence-electron chi connectivity index (χ2n) is 6.12. The van der Waals surface area contributed by atoms with Gasteiger partial charge in [0.2, 0.25) is 0 Å². The first-order chi connectivity index (χ1) is 11.6. The highest BCUT2D eigenvalue weighted by molar-refractivity contribution is 6.30. The first-order valence-corrected chi connectivity index (χ1v) is 8.56. The van der Waals surface area contributed by atoms with Crippen LogP contribution in [0.1, 0.15) is 24.5 Å². The summed E-state index contributed by atoms with van der Waals surface area (Å²) in [5.74, 6) is 0.159. The largest absolute Gasteiger partial charge is 0.388 e. The Morgan fingerprint density at radius 1 is 1.08 bits per heavy atom. The topological polar surface area (TPSA) is 52.6 Å². The van der Waals surface area contributed by atoms with Crippen LogP contribution in [0.5, 0.6) is 0 Å². The van der Waals surface area contributed by atoms with Gasteiger partial charge in [-0.2, -0.15) is 0 Å². The van der Waals surface area contributed by atoms with Gasteiger partial charge in [0, 0.05) is 23.8 Å². The second kappa shape index (κ2) is 7.69. The van der Waals surface area contributed by atoms with E-state index in [4.69, 9.17) is 11.6 Å². The molecule has 3 rings (SSSR count). The van der Waals surface area contributed by atoms with Gasteiger partial charge in [0.15, 0.2) is 0 Å². The van der Waals surface area contributed by atoms with Crippen molar-refractivity contribution in [3.63, 3.8) is 0 Å². The number of hydrogen-bond donors (Lipinski definition) is 2. The molecule has 24 heavy (non-hydrogen) atoms. The number of aliphatic hydroxyl groups excluding tert-OH is 1. The van der Waals surface area contributed by atoms with Crippen molar-refractivity contribution < 1.29 is 9.90 Å². The van der Waals surface area contributed by atoms with Gasteiger partial charge in [0.1, 0.15) is 0 Å². The quantitative estimate of drug-likeness (QED) is 0.871. The first-order valence-electron chi connectivity index (χ1n) is 8.18. The average Bonchev–Trinajstić information content (AvgIpc) is 2.63. The SMILES string of the molecule is O=C(Nc1ccccc1)N1CCC(C(O)c2ccc(Cl)cc2)CC1. The number of benzene rings is 2. The third-order valence-electron chi connectivity index (χ3n) is 4.51. The van der Waals surface area contributed by atoms with Crippen molar-refractivity contribution in [2.24, 2.45) is 5.92 Å². The summed E-state index contributed by atoms with van der Waals surface area (Å²) in [4.78, 5) is 14.1. The average molecular weight is 345 g/mol. The van der Waals surface area contributed by atoms with Crippen LogP contribution in [0, 0.1) is 5.92 Å². The molecule has 1 unspecified atom stereocenters. The maximum Gasteiger partial charge on any atom is 0.321 e. The predicted molar refractivity (Wildman–Crippen MR) is 96.2 cm³/mol. The summed E-state index contributed by atoms with van der Waals surface area (Å²) in [6, 6.07) is 16.7. The number of carbonyl (C=O) groups is 1. The third kappa shape index (κ3) is 4.08. The molecule has 1 aliphatic heterocycles. The number of halogens is 1. The first kappa shape index (κ1) is 16.8. The standard InChI is InChI=1S/C19H21ClN2O2/c20-16-8-6-14(7-9-16)18(23)15-10-12-22(13-11-15)19(24)21-17-4-2-1-3-5-17/h1-9,15,18,23H,10-13H2,(H,21,24). The van der Waals surface area contributed by atoms with Crippen molar-refractivity contribution in [2.45, 2.75) is 18.9 Å². The molecular weight excluding hydrogens is 324 g/mol. The van der Waals surface area contributed by atoms with Crippen molar-refractivity contribution in [3.8, 4) is 0 Å². The van der Waals surface area contributed by atoms with E-state index in [1.54, 1.807) is 17.0 Å². The van der Waals surface area contributed by atoms with Crippen molar-refractivity contribution in [1.82, 2.24) is 4.90 Å². The predicted octanol–water partition coefficient (Wildman–Crippen LogP) is 4.32. The fraction of sp³-hybridized carbons (Fsp3) is 0.316. The number of carbonyl (C=O) groups excluding carboxylic acids is 1. The fourth-order valence-electron chi connectivity index (χ4n) is 3.07. The zero-order chi connectivity index (χ0) is 16.9. The van der Waals surface area contributed by atoms with E-state index in [9.17, 15) is 9.90 Å². The highest BCUT2D eigenvalue weighted by Crippen LogP contribution is 2.31. The Bertz CT molecular complexity index is 668. The smallest absolute Gasteiger partial charge is 0.321 e. The molecule has 0 aliphatic carbocycles. The highest BCUT2D eigenvalue weighted by atomic mass is 35.5. The molecule has 0 aromatic heterocycles. The molecule has 1 fully saturated rings. The van der Waals surface area contributed by atoms with Crippen molar-refractivity contribution >= 4 is 23.3 Å². The summed E-state index contributed by atoms with van der Waals surface area (Å²) in [6.07, 6.45) is 1.06. The lowest BCUT2D eigenvalue weighted by Crippen LogP contribution is -2.42. The third-order valence-corrected chi connectivity index (χ3v) is 4.76. The molecular formula is C19H21ClN2O2. The Balaban J connectivity index is 1.53. The Morgan fingerprint density at radius 2 is 1.71 bits per heavy atom. The maximum absolute atomic E-state index is 12.3. The van der Waals surface area contributed by atoms with E-state index < -0.39 is 6.10 Å². The van der Waals surface area contributed by atoms with Crippen LogP contribution in [0.2, 0.25) is 5.02 Å². The number of rotatable bonds is 3. The van der Waals surface area contributed by atoms with Gasteiger partial charge in [-0.1, -0.05) is 41.9 Å². The van der Waals surface area contributed by atoms with Gasteiger partial charge in [-0.05, 0) is 48.6 Å². The minimum Gasteiger partial charge on any atom is -0.388 e. The number of para-hydroxylation sites is 1. The van der Waals surface area contributed by atoms with Crippen LogP contribution in [0.15, 0.2) is 54.6 Å². The number of anilines is 1. The molecule has 1 aliphatic rings. The van der Waals surface area contributed by atoms with Crippen LogP contribution in [-0.2, 0) is 0 Å². The molecule has 2 amide bonds. The molecule has 0 radical (unpaired) electrons. The maximum atomic E-state index is 12.3. The van der Waals surface area contributed by atoms with E-state index in [0.717, 1.165) is 24.1 Å². The van der Waals surface area contributed by atoms with Crippen LogP contribution in [0.3, 0.4) is 0 Å². The van der Waals surface area contributed by atoms with E-state index in [1.165, 1.54) is 0 Å². The summed E-state index contributed by atoms with van der Waals surface area (Å²) in [6.45, 7) is 1.29. The Kier molecular flexibility index (Phi) is 5.38. The van der Waals surface area contributed by atoms with Gasteiger partial charge in [-0.3, -0.25) is 0 Å². The molecule has 1 heterocycles. The van der Waals surface area contributed by atoms with Crippen molar-refractivity contribution in [2.75, 3.05) is 18.4 Å². The van der Waals surface area contributed by atoms with Gasteiger partial charge < -0.3 is 15.3 Å². The molecule has 2 aromatic rings. The van der Waals surface area contributed by atoms with Crippen LogP contribution in [0.25, 0.3) is 0 Å². The summed E-state index contributed by atoms with van der Waals surface area (Å²) in [5, 5.41) is 14.1. The molecule has 2 N–H and O–H groups in total. The molecule has 1 atom stereocenters. The van der Waals surface area contributed by atoms with E-state index in [2.05, 4.69) is 5.32 Å². The number of piperidine rings is 1. The van der Waals surface area contributed by atoms with E-state index in [-0.39, 0.29) is 11.9 Å². The van der Waals surface area contributed by atoms with Crippen molar-refractivity contribution in [1.29, 1.82) is 0 Å². The van der Waals surface area contributed by atoms with Crippen LogP contribution in [0.4, 0.5) is 10.5 Å². The molecule has 4 nitrogen and oxygen atoms in total. The van der Waals surface area contributed by atoms with Crippen LogP contribution in [-0.4, -0.2) is 29.1 Å². The molecule has 0 saturated carbocycles. The monoisotopic (exact) mass is 344 g/mol. The summed E-state index contributed by atoms with van der Waals surface area (Å²) in [7, 11) is 0. The summed E-state index contributed by atoms with van der Waals surface area (Å²) in [5.41, 5.74) is 1.68. The summed E-state index contributed by atoms with van der Waals surface area (Å²) < 4.78 is 0. The van der Waals surface area contributed by atoms with Gasteiger partial charge in [0.05, 0.1) is 6.10 Å². The number of aliphatic hydroxyl groups is 1. The number of nitrogens with one attached hydrogen (secondary N) is 1. The number of amides is 2. The molecule has 1 saturated heterocycles. The van der Waals surface area contributed by atoms with Gasteiger partial charge in [-0.25, -0.2) is 4.79 Å². The zero-order valence-corrected chi connectivity index (χ0v) is 14.1. The summed E-state index contributed by atoms with van der Waals surface area (Å²) >= 11 is 5.89. The van der Waals surface area contributed by atoms with Crippen LogP contribution >= 0.6 is 11.6 Å². The van der Waals surface area contributed by atoms with Gasteiger partial charge >= 0.3 is 6.03 Å². The van der Waals surface area contributed by atoms with E-state index >= 15 is 0 Å². The molecule has 2 aromatic carbocycles. The highest BCUT2D eigenvalue weighted by Gasteiger charge is 2.28. The lowest BCUT2D eigenvalue weighted by molar-refractivity contribution is 0.0683. The minimum atomic E-state index is -0.512. The Hall–Kier alpha value is -2.04. The normalized spacial score (nSPS) is 16.7. The van der Waals surface area contributed by atoms with Crippen LogP contribution < -0.4 is 5.32 Å². The van der Waals surface area contributed by atoms with Gasteiger partial charge in [-0.15, -0.1) is 0 Å². The zero-order valence-electron chi connectivity index (χ0n) is 13.4. The Morgan fingerprint density at radius 3 is 2.33 bits per heavy atom. The molecule has 126 valence electrons. The lowest BCUT2D eigenvalue weighted by Gasteiger charge is -2.34. The fourth-order valence-corrected chi connectivity index (χ4v) is 3.20. The Labute approximate surface area is 147 Å². The van der Waals surface area contributed by atoms with E-state index in [1.807, 2.05) is 42.5 Å². The minimum absolute atomic E-state index is 0.0827. The number of likely N-dealkylation sites (tertiary alicyclic amines) is 1. The van der Waals surface area contributed by atoms with E-state index in [0.29, 0.717) is 18.1 Å². The second-order valence-corrected chi connectivity index (χ2v) is 6.55. The molecule has 0 bridgehead atoms. The number of urea groups is 1. The number of nitrogens with zero attached hydrogens (tertiary/aromatic N) is 1. The number of hydrogen-bond acceptors (Lipinski definition) is 2.